The maximum atomic E-state index is 8.77. The predicted octanol–water partition coefficient (Wildman–Crippen LogP) is 1.07. The van der Waals surface area contributed by atoms with Crippen LogP contribution in [0.5, 0.6) is 5.75 Å². The van der Waals surface area contributed by atoms with Crippen molar-refractivity contribution < 1.29 is 14.5 Å². The van der Waals surface area contributed by atoms with Gasteiger partial charge in [0.05, 0.1) is 25.4 Å². The van der Waals surface area contributed by atoms with Crippen LogP contribution in [0.25, 0.3) is 0 Å². The van der Waals surface area contributed by atoms with Gasteiger partial charge in [-0.05, 0) is 17.7 Å². The first-order valence-electron chi connectivity index (χ1n) is 5.99. The fourth-order valence-corrected chi connectivity index (χ4v) is 1.78. The van der Waals surface area contributed by atoms with Gasteiger partial charge in [0.2, 0.25) is 0 Å². The number of nitrogens with one attached hydrogen (secondary N) is 1. The summed E-state index contributed by atoms with van der Waals surface area (Å²) >= 11 is 0. The van der Waals surface area contributed by atoms with E-state index in [9.17, 15) is 0 Å². The number of benzene rings is 1. The molecule has 0 aliphatic carbocycles. The summed E-state index contributed by atoms with van der Waals surface area (Å²) < 4.78 is 10.2. The molecule has 0 fully saturated rings. The first-order valence-corrected chi connectivity index (χ1v) is 5.99. The molecule has 0 aliphatic heterocycles. The van der Waals surface area contributed by atoms with Crippen molar-refractivity contribution in [1.82, 2.24) is 10.5 Å². The number of rotatable bonds is 6. The van der Waals surface area contributed by atoms with Crippen LogP contribution in [-0.4, -0.2) is 23.3 Å². The van der Waals surface area contributed by atoms with Gasteiger partial charge in [-0.1, -0.05) is 16.4 Å². The molecule has 0 saturated heterocycles. The molecule has 0 aliphatic rings. The number of aromatic nitrogens is 1. The number of oxime groups is 1. The van der Waals surface area contributed by atoms with E-state index in [2.05, 4.69) is 15.6 Å². The summed E-state index contributed by atoms with van der Waals surface area (Å²) in [4.78, 5) is 0. The summed E-state index contributed by atoms with van der Waals surface area (Å²) in [5.41, 5.74) is 7.15. The number of nitrogens with zero attached hydrogens (tertiary/aromatic N) is 2. The van der Waals surface area contributed by atoms with Gasteiger partial charge in [0.1, 0.15) is 11.5 Å². The minimum absolute atomic E-state index is 0.0129. The zero-order valence-corrected chi connectivity index (χ0v) is 11.0. The molecular formula is C13H16N4O3. The third-order valence-corrected chi connectivity index (χ3v) is 2.77. The van der Waals surface area contributed by atoms with E-state index in [1.807, 2.05) is 6.07 Å². The Kier molecular flexibility index (Phi) is 4.56. The first kappa shape index (κ1) is 13.9. The molecule has 0 atom stereocenters. The highest BCUT2D eigenvalue weighted by atomic mass is 16.5. The number of ether oxygens (including phenoxy) is 1. The minimum atomic E-state index is 0.0129. The standard InChI is InChI=1S/C13H16N4O3/c1-19-12-3-2-9(6-11(12)13(14)17-18)7-15-8-10-4-5-16-20-10/h2-6,15,18H,7-8H2,1H3,(H2,14,17). The minimum Gasteiger partial charge on any atom is -0.496 e. The molecule has 1 aromatic carbocycles. The molecule has 4 N–H and O–H groups in total. The number of amidine groups is 1. The summed E-state index contributed by atoms with van der Waals surface area (Å²) in [5.74, 6) is 1.33. The van der Waals surface area contributed by atoms with E-state index < -0.39 is 0 Å². The van der Waals surface area contributed by atoms with Crippen molar-refractivity contribution in [2.45, 2.75) is 13.1 Å². The van der Waals surface area contributed by atoms with Crippen LogP contribution in [0.3, 0.4) is 0 Å². The molecule has 0 unspecified atom stereocenters. The lowest BCUT2D eigenvalue weighted by atomic mass is 10.1. The van der Waals surface area contributed by atoms with Gasteiger partial charge in [-0.15, -0.1) is 0 Å². The average molecular weight is 276 g/mol. The molecule has 0 saturated carbocycles. The van der Waals surface area contributed by atoms with E-state index in [1.54, 1.807) is 24.4 Å². The molecule has 0 spiro atoms. The molecule has 1 heterocycles. The molecule has 20 heavy (non-hydrogen) atoms. The van der Waals surface area contributed by atoms with Crippen LogP contribution in [0, 0.1) is 0 Å². The van der Waals surface area contributed by atoms with Gasteiger partial charge in [0.25, 0.3) is 0 Å². The second-order valence-electron chi connectivity index (χ2n) is 4.10. The van der Waals surface area contributed by atoms with Crippen LogP contribution in [0.15, 0.2) is 40.1 Å². The Morgan fingerprint density at radius 2 is 2.30 bits per heavy atom. The van der Waals surface area contributed by atoms with Crippen molar-refractivity contribution in [2.24, 2.45) is 10.9 Å². The third kappa shape index (κ3) is 3.27. The van der Waals surface area contributed by atoms with Gasteiger partial charge < -0.3 is 25.5 Å². The number of hydrogen-bond acceptors (Lipinski definition) is 6. The van der Waals surface area contributed by atoms with Gasteiger partial charge in [-0.2, -0.15) is 0 Å². The normalized spacial score (nSPS) is 11.6. The first-order chi connectivity index (χ1) is 9.74. The van der Waals surface area contributed by atoms with Crippen molar-refractivity contribution in [3.63, 3.8) is 0 Å². The van der Waals surface area contributed by atoms with E-state index in [4.69, 9.17) is 20.2 Å². The van der Waals surface area contributed by atoms with Crippen LogP contribution >= 0.6 is 0 Å². The molecule has 0 bridgehead atoms. The smallest absolute Gasteiger partial charge is 0.173 e. The molecule has 2 rings (SSSR count). The fraction of sp³-hybridized carbons (Fsp3) is 0.231. The Labute approximate surface area is 116 Å². The molecule has 2 aromatic rings. The number of nitrogens with two attached hydrogens (primary N) is 1. The molecule has 7 nitrogen and oxygen atoms in total. The van der Waals surface area contributed by atoms with E-state index in [0.717, 1.165) is 11.3 Å². The molecular weight excluding hydrogens is 260 g/mol. The van der Waals surface area contributed by atoms with Gasteiger partial charge in [-0.25, -0.2) is 0 Å². The van der Waals surface area contributed by atoms with Crippen molar-refractivity contribution >= 4 is 5.84 Å². The number of methoxy groups -OCH3 is 1. The Morgan fingerprint density at radius 3 is 2.95 bits per heavy atom. The topological polar surface area (TPSA) is 106 Å². The van der Waals surface area contributed by atoms with Crippen LogP contribution in [0.4, 0.5) is 0 Å². The fourth-order valence-electron chi connectivity index (χ4n) is 1.78. The van der Waals surface area contributed by atoms with Crippen LogP contribution in [0.2, 0.25) is 0 Å². The third-order valence-electron chi connectivity index (χ3n) is 2.77. The molecule has 0 amide bonds. The van der Waals surface area contributed by atoms with Crippen LogP contribution < -0.4 is 15.8 Å². The Morgan fingerprint density at radius 1 is 1.45 bits per heavy atom. The van der Waals surface area contributed by atoms with E-state index in [1.165, 1.54) is 7.11 Å². The van der Waals surface area contributed by atoms with Gasteiger partial charge in [-0.3, -0.25) is 0 Å². The van der Waals surface area contributed by atoms with E-state index >= 15 is 0 Å². The van der Waals surface area contributed by atoms with Crippen LogP contribution in [-0.2, 0) is 13.1 Å². The highest BCUT2D eigenvalue weighted by Gasteiger charge is 2.09. The highest BCUT2D eigenvalue weighted by molar-refractivity contribution is 5.99. The summed E-state index contributed by atoms with van der Waals surface area (Å²) in [5, 5.41) is 18.6. The van der Waals surface area contributed by atoms with Crippen LogP contribution in [0.1, 0.15) is 16.9 Å². The van der Waals surface area contributed by atoms with E-state index in [-0.39, 0.29) is 5.84 Å². The summed E-state index contributed by atoms with van der Waals surface area (Å²) in [6.45, 7) is 1.18. The van der Waals surface area contributed by atoms with Gasteiger partial charge >= 0.3 is 0 Å². The second-order valence-corrected chi connectivity index (χ2v) is 4.10. The van der Waals surface area contributed by atoms with Gasteiger partial charge in [0, 0.05) is 12.6 Å². The quantitative estimate of drug-likeness (QED) is 0.315. The second kappa shape index (κ2) is 6.58. The summed E-state index contributed by atoms with van der Waals surface area (Å²) in [6.07, 6.45) is 1.60. The number of hydrogen-bond donors (Lipinski definition) is 3. The molecule has 0 radical (unpaired) electrons. The largest absolute Gasteiger partial charge is 0.496 e. The summed E-state index contributed by atoms with van der Waals surface area (Å²) in [7, 11) is 1.53. The Balaban J connectivity index is 2.05. The lowest BCUT2D eigenvalue weighted by molar-refractivity contribution is 0.318. The van der Waals surface area contributed by atoms with Crippen molar-refractivity contribution in [3.05, 3.63) is 47.3 Å². The predicted molar refractivity (Wildman–Crippen MR) is 72.6 cm³/mol. The molecule has 7 heteroatoms. The Hall–Kier alpha value is -2.54. The monoisotopic (exact) mass is 276 g/mol. The highest BCUT2D eigenvalue weighted by Crippen LogP contribution is 2.19. The molecule has 1 aromatic heterocycles. The zero-order chi connectivity index (χ0) is 14.4. The van der Waals surface area contributed by atoms with Crippen molar-refractivity contribution in [1.29, 1.82) is 0 Å². The lowest BCUT2D eigenvalue weighted by Gasteiger charge is -2.10. The van der Waals surface area contributed by atoms with Crippen molar-refractivity contribution in [2.75, 3.05) is 7.11 Å². The van der Waals surface area contributed by atoms with Crippen molar-refractivity contribution in [3.8, 4) is 5.75 Å². The average Bonchev–Trinajstić information content (AvgIpc) is 2.99. The maximum Gasteiger partial charge on any atom is 0.173 e. The lowest BCUT2D eigenvalue weighted by Crippen LogP contribution is -2.16. The zero-order valence-electron chi connectivity index (χ0n) is 11.0. The maximum absolute atomic E-state index is 8.77. The SMILES string of the molecule is COc1ccc(CNCc2ccno2)cc1/C(N)=N/O. The van der Waals surface area contributed by atoms with E-state index in [0.29, 0.717) is 24.4 Å². The molecule has 106 valence electrons. The summed E-state index contributed by atoms with van der Waals surface area (Å²) in [6, 6.07) is 7.28. The Bertz CT molecular complexity index is 581. The van der Waals surface area contributed by atoms with Gasteiger partial charge in [0.15, 0.2) is 5.84 Å².